The number of hydrogen-bond donors (Lipinski definition) is 2. The van der Waals surface area contributed by atoms with Gasteiger partial charge < -0.3 is 16.0 Å². The van der Waals surface area contributed by atoms with E-state index >= 15 is 0 Å². The Kier molecular flexibility index (Phi) is 3.59. The smallest absolute Gasteiger partial charge is 0.220 e. The molecule has 0 aromatic carbocycles. The van der Waals surface area contributed by atoms with Crippen molar-refractivity contribution < 1.29 is 4.79 Å². The molecule has 1 atom stereocenters. The van der Waals surface area contributed by atoms with Gasteiger partial charge in [-0.2, -0.15) is 0 Å². The lowest BCUT2D eigenvalue weighted by Crippen LogP contribution is -2.43. The van der Waals surface area contributed by atoms with Crippen LogP contribution in [0.15, 0.2) is 0 Å². The molecule has 1 amide bonds. The van der Waals surface area contributed by atoms with Gasteiger partial charge in [-0.05, 0) is 45.3 Å². The number of primary amides is 1. The number of carbonyl (C=O) groups is 1. The molecule has 2 fully saturated rings. The van der Waals surface area contributed by atoms with Crippen LogP contribution in [0.1, 0.15) is 25.7 Å². The number of carbonyl (C=O) groups excluding carboxylic acids is 1. The van der Waals surface area contributed by atoms with Gasteiger partial charge in [-0.15, -0.1) is 0 Å². The van der Waals surface area contributed by atoms with E-state index in [1.807, 2.05) is 0 Å². The highest BCUT2D eigenvalue weighted by molar-refractivity contribution is 5.76. The molecule has 0 spiro atoms. The highest BCUT2D eigenvalue weighted by Crippen LogP contribution is 2.18. The minimum atomic E-state index is -0.117. The summed E-state index contributed by atoms with van der Waals surface area (Å²) >= 11 is 0. The minimum absolute atomic E-state index is 0.117. The van der Waals surface area contributed by atoms with Crippen molar-refractivity contribution in [2.24, 2.45) is 11.7 Å². The van der Waals surface area contributed by atoms with Crippen molar-refractivity contribution in [1.82, 2.24) is 10.2 Å². The highest BCUT2D eigenvalue weighted by atomic mass is 16.1. The second kappa shape index (κ2) is 4.94. The molecule has 0 aromatic heterocycles. The van der Waals surface area contributed by atoms with Crippen molar-refractivity contribution in [1.29, 1.82) is 0 Å². The van der Waals surface area contributed by atoms with Crippen molar-refractivity contribution in [3.63, 3.8) is 0 Å². The fraction of sp³-hybridized carbons (Fsp3) is 0.909. The summed E-state index contributed by atoms with van der Waals surface area (Å²) in [6, 6.07) is 0.676. The molecule has 3 N–H and O–H groups in total. The standard InChI is InChI=1S/C11H21N3O/c12-11(15)9-3-6-14(7-4-9)8-10-2-1-5-13-10/h9-10,13H,1-8H2,(H2,12,15)/t10-/m1/s1. The van der Waals surface area contributed by atoms with E-state index < -0.39 is 0 Å². The normalized spacial score (nSPS) is 29.5. The number of amides is 1. The number of nitrogens with one attached hydrogen (secondary N) is 1. The molecule has 0 aromatic rings. The lowest BCUT2D eigenvalue weighted by Gasteiger charge is -2.32. The maximum absolute atomic E-state index is 11.0. The Labute approximate surface area is 91.2 Å². The number of rotatable bonds is 3. The third kappa shape index (κ3) is 2.92. The topological polar surface area (TPSA) is 58.4 Å². The van der Waals surface area contributed by atoms with Crippen LogP contribution in [0.3, 0.4) is 0 Å². The first-order chi connectivity index (χ1) is 7.25. The Morgan fingerprint density at radius 3 is 2.60 bits per heavy atom. The monoisotopic (exact) mass is 211 g/mol. The van der Waals surface area contributed by atoms with Crippen LogP contribution >= 0.6 is 0 Å². The summed E-state index contributed by atoms with van der Waals surface area (Å²) < 4.78 is 0. The molecule has 2 heterocycles. The molecule has 0 radical (unpaired) electrons. The van der Waals surface area contributed by atoms with Gasteiger partial charge in [0.2, 0.25) is 5.91 Å². The van der Waals surface area contributed by atoms with Gasteiger partial charge >= 0.3 is 0 Å². The molecule has 0 saturated carbocycles. The summed E-state index contributed by atoms with van der Waals surface area (Å²) in [5, 5.41) is 3.50. The van der Waals surface area contributed by atoms with Gasteiger partial charge in [0.15, 0.2) is 0 Å². The number of nitrogens with zero attached hydrogens (tertiary/aromatic N) is 1. The van der Waals surface area contributed by atoms with Crippen LogP contribution in [-0.2, 0) is 4.79 Å². The maximum atomic E-state index is 11.0. The molecule has 2 aliphatic rings. The maximum Gasteiger partial charge on any atom is 0.220 e. The molecule has 2 rings (SSSR count). The van der Waals surface area contributed by atoms with E-state index in [1.54, 1.807) is 0 Å². The van der Waals surface area contributed by atoms with E-state index in [2.05, 4.69) is 10.2 Å². The first-order valence-corrected chi connectivity index (χ1v) is 6.01. The average molecular weight is 211 g/mol. The molecule has 0 bridgehead atoms. The summed E-state index contributed by atoms with van der Waals surface area (Å²) in [4.78, 5) is 13.5. The van der Waals surface area contributed by atoms with Gasteiger partial charge in [0, 0.05) is 18.5 Å². The molecular formula is C11H21N3O. The van der Waals surface area contributed by atoms with Crippen LogP contribution in [0.4, 0.5) is 0 Å². The van der Waals surface area contributed by atoms with Gasteiger partial charge in [-0.25, -0.2) is 0 Å². The first-order valence-electron chi connectivity index (χ1n) is 6.01. The van der Waals surface area contributed by atoms with Gasteiger partial charge in [0.1, 0.15) is 0 Å². The zero-order valence-corrected chi connectivity index (χ0v) is 9.24. The summed E-state index contributed by atoms with van der Waals surface area (Å²) in [5.41, 5.74) is 5.31. The predicted molar refractivity (Wildman–Crippen MR) is 59.4 cm³/mol. The van der Waals surface area contributed by atoms with E-state index in [0.29, 0.717) is 6.04 Å². The second-order valence-electron chi connectivity index (χ2n) is 4.77. The van der Waals surface area contributed by atoms with E-state index in [0.717, 1.165) is 32.5 Å². The van der Waals surface area contributed by atoms with Gasteiger partial charge in [0.25, 0.3) is 0 Å². The first kappa shape index (κ1) is 10.9. The quantitative estimate of drug-likeness (QED) is 0.687. The fourth-order valence-corrected chi connectivity index (χ4v) is 2.62. The molecule has 0 unspecified atom stereocenters. The van der Waals surface area contributed by atoms with Crippen molar-refractivity contribution in [3.8, 4) is 0 Å². The molecule has 0 aliphatic carbocycles. The average Bonchev–Trinajstić information content (AvgIpc) is 2.71. The molecule has 4 nitrogen and oxygen atoms in total. The summed E-state index contributed by atoms with van der Waals surface area (Å²) in [5.74, 6) is 0.00595. The zero-order valence-electron chi connectivity index (χ0n) is 9.24. The lowest BCUT2D eigenvalue weighted by atomic mass is 9.96. The predicted octanol–water partition coefficient (Wildman–Crippen LogP) is -0.0643. The van der Waals surface area contributed by atoms with Gasteiger partial charge in [-0.1, -0.05) is 0 Å². The van der Waals surface area contributed by atoms with E-state index in [4.69, 9.17) is 5.73 Å². The van der Waals surface area contributed by atoms with E-state index in [9.17, 15) is 4.79 Å². The third-order valence-corrected chi connectivity index (χ3v) is 3.63. The van der Waals surface area contributed by atoms with E-state index in [-0.39, 0.29) is 11.8 Å². The number of hydrogen-bond acceptors (Lipinski definition) is 3. The Morgan fingerprint density at radius 1 is 1.33 bits per heavy atom. The summed E-state index contributed by atoms with van der Waals surface area (Å²) in [6.07, 6.45) is 4.50. The fourth-order valence-electron chi connectivity index (χ4n) is 2.62. The Balaban J connectivity index is 1.71. The van der Waals surface area contributed by atoms with Crippen LogP contribution in [0.2, 0.25) is 0 Å². The Morgan fingerprint density at radius 2 is 2.07 bits per heavy atom. The highest BCUT2D eigenvalue weighted by Gasteiger charge is 2.25. The van der Waals surface area contributed by atoms with Crippen molar-refractivity contribution in [2.75, 3.05) is 26.2 Å². The van der Waals surface area contributed by atoms with Crippen LogP contribution in [0, 0.1) is 5.92 Å². The Hall–Kier alpha value is -0.610. The van der Waals surface area contributed by atoms with Crippen molar-refractivity contribution >= 4 is 5.91 Å². The molecular weight excluding hydrogens is 190 g/mol. The lowest BCUT2D eigenvalue weighted by molar-refractivity contribution is -0.123. The number of nitrogens with two attached hydrogens (primary N) is 1. The number of piperidine rings is 1. The van der Waals surface area contributed by atoms with Crippen molar-refractivity contribution in [3.05, 3.63) is 0 Å². The van der Waals surface area contributed by atoms with Gasteiger partial charge in [-0.3, -0.25) is 4.79 Å². The third-order valence-electron chi connectivity index (χ3n) is 3.63. The molecule has 86 valence electrons. The minimum Gasteiger partial charge on any atom is -0.369 e. The van der Waals surface area contributed by atoms with Crippen LogP contribution in [0.5, 0.6) is 0 Å². The van der Waals surface area contributed by atoms with Gasteiger partial charge in [0.05, 0.1) is 0 Å². The summed E-state index contributed by atoms with van der Waals surface area (Å²) in [7, 11) is 0. The molecule has 2 saturated heterocycles. The van der Waals surface area contributed by atoms with Crippen LogP contribution in [-0.4, -0.2) is 43.0 Å². The zero-order chi connectivity index (χ0) is 10.7. The number of likely N-dealkylation sites (tertiary alicyclic amines) is 1. The van der Waals surface area contributed by atoms with Crippen LogP contribution in [0.25, 0.3) is 0 Å². The summed E-state index contributed by atoms with van der Waals surface area (Å²) in [6.45, 7) is 4.38. The van der Waals surface area contributed by atoms with Crippen molar-refractivity contribution in [2.45, 2.75) is 31.7 Å². The molecule has 4 heteroatoms. The largest absolute Gasteiger partial charge is 0.369 e. The van der Waals surface area contributed by atoms with Crippen LogP contribution < -0.4 is 11.1 Å². The second-order valence-corrected chi connectivity index (χ2v) is 4.77. The Bertz CT molecular complexity index is 218. The SMILES string of the molecule is NC(=O)C1CCN(C[C@H]2CCCN2)CC1. The van der Waals surface area contributed by atoms with E-state index in [1.165, 1.54) is 19.4 Å². The molecule has 2 aliphatic heterocycles. The molecule has 15 heavy (non-hydrogen) atoms.